The minimum absolute atomic E-state index is 0.0343. The highest BCUT2D eigenvalue weighted by atomic mass is 16.6. The van der Waals surface area contributed by atoms with Crippen molar-refractivity contribution >= 4 is 0 Å². The lowest BCUT2D eigenvalue weighted by atomic mass is 9.84. The zero-order valence-electron chi connectivity index (χ0n) is 15.4. The van der Waals surface area contributed by atoms with Gasteiger partial charge in [0.15, 0.2) is 0 Å². The van der Waals surface area contributed by atoms with Gasteiger partial charge < -0.3 is 14.9 Å². The maximum Gasteiger partial charge on any atom is 0.0920 e. The SMILES string of the molecule is CC(C)[C@H]1C=C[C@](C)(O)C/C=C/[C@](C)(O)CC[C@@H]2O[C@@]2(C)CC1. The highest BCUT2D eigenvalue weighted by molar-refractivity contribution is 5.10. The Labute approximate surface area is 141 Å². The van der Waals surface area contributed by atoms with Crippen molar-refractivity contribution in [3.63, 3.8) is 0 Å². The summed E-state index contributed by atoms with van der Waals surface area (Å²) in [6.45, 7) is 10.3. The number of hydrogen-bond donors (Lipinski definition) is 2. The largest absolute Gasteiger partial charge is 0.386 e. The second-order valence-electron chi connectivity index (χ2n) is 8.58. The molecule has 0 amide bonds. The molecular formula is C20H34O3. The van der Waals surface area contributed by atoms with Crippen LogP contribution in [0.4, 0.5) is 0 Å². The molecule has 2 N–H and O–H groups in total. The van der Waals surface area contributed by atoms with Crippen LogP contribution in [0.3, 0.4) is 0 Å². The maximum atomic E-state index is 10.5. The molecule has 0 aromatic rings. The molecule has 1 aliphatic heterocycles. The topological polar surface area (TPSA) is 53.0 Å². The molecule has 0 unspecified atom stereocenters. The third kappa shape index (κ3) is 5.44. The molecule has 0 bridgehead atoms. The van der Waals surface area contributed by atoms with Crippen molar-refractivity contribution in [2.24, 2.45) is 11.8 Å². The zero-order chi connectivity index (χ0) is 17.3. The van der Waals surface area contributed by atoms with Gasteiger partial charge in [0.05, 0.1) is 22.9 Å². The van der Waals surface area contributed by atoms with Gasteiger partial charge in [-0.3, -0.25) is 0 Å². The molecule has 0 saturated carbocycles. The summed E-state index contributed by atoms with van der Waals surface area (Å²) in [7, 11) is 0. The van der Waals surface area contributed by atoms with E-state index in [2.05, 4.69) is 26.8 Å². The Morgan fingerprint density at radius 3 is 2.35 bits per heavy atom. The van der Waals surface area contributed by atoms with E-state index in [1.54, 1.807) is 0 Å². The molecule has 1 fully saturated rings. The van der Waals surface area contributed by atoms with Crippen molar-refractivity contribution in [1.82, 2.24) is 0 Å². The summed E-state index contributed by atoms with van der Waals surface area (Å²) in [6.07, 6.45) is 12.3. The van der Waals surface area contributed by atoms with Gasteiger partial charge in [-0.2, -0.15) is 0 Å². The fourth-order valence-corrected chi connectivity index (χ4v) is 3.44. The Kier molecular flexibility index (Phi) is 5.44. The van der Waals surface area contributed by atoms with Gasteiger partial charge in [-0.25, -0.2) is 0 Å². The first-order chi connectivity index (χ1) is 10.5. The second kappa shape index (κ2) is 6.70. The summed E-state index contributed by atoms with van der Waals surface area (Å²) in [5, 5.41) is 21.0. The molecule has 23 heavy (non-hydrogen) atoms. The molecule has 3 nitrogen and oxygen atoms in total. The summed E-state index contributed by atoms with van der Waals surface area (Å²) in [5.41, 5.74) is -1.74. The molecule has 1 saturated heterocycles. The van der Waals surface area contributed by atoms with E-state index in [0.717, 1.165) is 19.3 Å². The van der Waals surface area contributed by atoms with Gasteiger partial charge in [0.25, 0.3) is 0 Å². The fourth-order valence-electron chi connectivity index (χ4n) is 3.44. The van der Waals surface area contributed by atoms with Gasteiger partial charge in [-0.05, 0) is 64.7 Å². The number of ether oxygens (including phenoxy) is 1. The van der Waals surface area contributed by atoms with E-state index in [1.807, 2.05) is 32.1 Å². The highest BCUT2D eigenvalue weighted by Gasteiger charge is 2.51. The lowest BCUT2D eigenvalue weighted by Crippen LogP contribution is -2.25. The van der Waals surface area contributed by atoms with Gasteiger partial charge >= 0.3 is 0 Å². The molecule has 3 heteroatoms. The zero-order valence-corrected chi connectivity index (χ0v) is 15.4. The smallest absolute Gasteiger partial charge is 0.0920 e. The van der Waals surface area contributed by atoms with Crippen LogP contribution < -0.4 is 0 Å². The number of allylic oxidation sites excluding steroid dienone is 1. The Morgan fingerprint density at radius 2 is 1.70 bits per heavy atom. The van der Waals surface area contributed by atoms with Crippen molar-refractivity contribution in [3.05, 3.63) is 24.3 Å². The van der Waals surface area contributed by atoms with Crippen molar-refractivity contribution in [1.29, 1.82) is 0 Å². The normalized spacial score (nSPS) is 47.0. The standard InChI is InChI=1S/C20H34O3/c1-15(2)16-7-12-18(3,21)10-6-11-19(4,22)13-9-17-20(5,23-17)14-8-16/h6-7,11-12,15-17,21-22H,8-10,13-14H2,1-5H3/b11-6+,12-7?/t16-,17-,18+,19-,20-/m0/s1. The minimum Gasteiger partial charge on any atom is -0.386 e. The lowest BCUT2D eigenvalue weighted by Gasteiger charge is -2.24. The molecule has 5 atom stereocenters. The number of aliphatic hydroxyl groups is 2. The first-order valence-electron chi connectivity index (χ1n) is 9.03. The minimum atomic E-state index is -0.869. The van der Waals surface area contributed by atoms with Crippen molar-refractivity contribution in [3.8, 4) is 0 Å². The van der Waals surface area contributed by atoms with Gasteiger partial charge in [-0.15, -0.1) is 0 Å². The van der Waals surface area contributed by atoms with Crippen molar-refractivity contribution in [2.45, 2.75) is 89.6 Å². The van der Waals surface area contributed by atoms with Crippen LogP contribution in [0.15, 0.2) is 24.3 Å². The molecule has 0 radical (unpaired) electrons. The van der Waals surface area contributed by atoms with Crippen LogP contribution in [0.1, 0.15) is 66.7 Å². The van der Waals surface area contributed by atoms with Gasteiger partial charge in [0, 0.05) is 0 Å². The fraction of sp³-hybridized carbons (Fsp3) is 0.800. The summed E-state index contributed by atoms with van der Waals surface area (Å²) in [4.78, 5) is 0. The average molecular weight is 322 g/mol. The van der Waals surface area contributed by atoms with Crippen LogP contribution >= 0.6 is 0 Å². The summed E-state index contributed by atoms with van der Waals surface area (Å²) in [5.74, 6) is 1.00. The second-order valence-corrected chi connectivity index (χ2v) is 8.58. The summed E-state index contributed by atoms with van der Waals surface area (Å²) >= 11 is 0. The van der Waals surface area contributed by atoms with Crippen molar-refractivity contribution < 1.29 is 14.9 Å². The van der Waals surface area contributed by atoms with E-state index >= 15 is 0 Å². The highest BCUT2D eigenvalue weighted by Crippen LogP contribution is 2.45. The van der Waals surface area contributed by atoms with Crippen molar-refractivity contribution in [2.75, 3.05) is 0 Å². The summed E-state index contributed by atoms with van der Waals surface area (Å²) < 4.78 is 5.93. The molecule has 132 valence electrons. The predicted molar refractivity (Wildman–Crippen MR) is 94.2 cm³/mol. The summed E-state index contributed by atoms with van der Waals surface area (Å²) in [6, 6.07) is 0. The van der Waals surface area contributed by atoms with Crippen LogP contribution in [0.25, 0.3) is 0 Å². The first kappa shape index (κ1) is 18.7. The van der Waals surface area contributed by atoms with E-state index in [9.17, 15) is 10.2 Å². The number of epoxide rings is 1. The number of rotatable bonds is 1. The Morgan fingerprint density at radius 1 is 1.00 bits per heavy atom. The van der Waals surface area contributed by atoms with E-state index in [0.29, 0.717) is 24.7 Å². The van der Waals surface area contributed by atoms with Crippen LogP contribution in [-0.4, -0.2) is 33.1 Å². The van der Waals surface area contributed by atoms with Crippen LogP contribution in [0, 0.1) is 11.8 Å². The quantitative estimate of drug-likeness (QED) is 0.567. The third-order valence-corrected chi connectivity index (χ3v) is 5.49. The van der Waals surface area contributed by atoms with E-state index in [4.69, 9.17) is 4.74 Å². The van der Waals surface area contributed by atoms with Gasteiger partial charge in [0.2, 0.25) is 0 Å². The Bertz CT molecular complexity index is 462. The Hall–Kier alpha value is -0.640. The van der Waals surface area contributed by atoms with E-state index in [1.165, 1.54) is 0 Å². The molecule has 0 aromatic carbocycles. The molecule has 1 aliphatic carbocycles. The molecule has 2 aliphatic rings. The van der Waals surface area contributed by atoms with E-state index < -0.39 is 11.2 Å². The molecule has 1 heterocycles. The number of fused-ring (bicyclic) bond motifs is 1. The van der Waals surface area contributed by atoms with Crippen LogP contribution in [-0.2, 0) is 4.74 Å². The Balaban J connectivity index is 2.16. The monoisotopic (exact) mass is 322 g/mol. The third-order valence-electron chi connectivity index (χ3n) is 5.49. The average Bonchev–Trinajstić information content (AvgIpc) is 3.06. The molecular weight excluding hydrogens is 288 g/mol. The van der Waals surface area contributed by atoms with Crippen LogP contribution in [0.2, 0.25) is 0 Å². The van der Waals surface area contributed by atoms with Crippen LogP contribution in [0.5, 0.6) is 0 Å². The van der Waals surface area contributed by atoms with Gasteiger partial charge in [0.1, 0.15) is 0 Å². The molecule has 0 spiro atoms. The molecule has 0 aromatic heterocycles. The van der Waals surface area contributed by atoms with Gasteiger partial charge in [-0.1, -0.05) is 38.2 Å². The maximum absolute atomic E-state index is 10.5. The predicted octanol–water partition coefficient (Wildman–Crippen LogP) is 3.99. The molecule has 2 rings (SSSR count). The first-order valence-corrected chi connectivity index (χ1v) is 9.03. The lowest BCUT2D eigenvalue weighted by molar-refractivity contribution is 0.0932. The van der Waals surface area contributed by atoms with E-state index in [-0.39, 0.29) is 11.7 Å². The number of hydrogen-bond acceptors (Lipinski definition) is 3.